The zero-order chi connectivity index (χ0) is 5.41. The van der Waals surface area contributed by atoms with Gasteiger partial charge in [0, 0.05) is 11.0 Å². The maximum Gasteiger partial charge on any atom is 0.0119 e. The fraction of sp³-hybridized carbons (Fsp3) is 1.00. The van der Waals surface area contributed by atoms with Crippen LogP contribution in [0.15, 0.2) is 0 Å². The van der Waals surface area contributed by atoms with E-state index in [-0.39, 0.29) is 0 Å². The van der Waals surface area contributed by atoms with E-state index in [1.807, 2.05) is 13.8 Å². The van der Waals surface area contributed by atoms with Crippen LogP contribution >= 0.6 is 22.6 Å². The minimum atomic E-state index is 0.806. The van der Waals surface area contributed by atoms with Gasteiger partial charge >= 0.3 is 0 Å². The summed E-state index contributed by atoms with van der Waals surface area (Å²) in [4.78, 5) is 0. The Bertz CT molecular complexity index is 9.51. The topological polar surface area (TPSA) is 26.0 Å². The summed E-state index contributed by atoms with van der Waals surface area (Å²) in [6.07, 6.45) is 0. The van der Waals surface area contributed by atoms with Crippen LogP contribution in [0.2, 0.25) is 0 Å². The van der Waals surface area contributed by atoms with E-state index >= 15 is 0 Å². The minimum absolute atomic E-state index is 0.806. The number of hydrogen-bond donors (Lipinski definition) is 1. The van der Waals surface area contributed by atoms with Crippen LogP contribution in [-0.4, -0.2) is 11.0 Å². The maximum absolute atomic E-state index is 5.02. The average molecular weight is 201 g/mol. The molecule has 1 nitrogen and oxygen atoms in total. The second-order valence-electron chi connectivity index (χ2n) is 0.478. The Morgan fingerprint density at radius 3 is 1.67 bits per heavy atom. The molecule has 0 rings (SSSR count). The second-order valence-corrected chi connectivity index (χ2v) is 1.56. The fourth-order valence-electron chi connectivity index (χ4n) is 0. The highest BCUT2D eigenvalue weighted by Crippen LogP contribution is 1.69. The molecular weight excluding hydrogens is 189 g/mol. The van der Waals surface area contributed by atoms with E-state index in [4.69, 9.17) is 5.73 Å². The van der Waals surface area contributed by atoms with E-state index in [9.17, 15) is 0 Å². The molecule has 0 saturated heterocycles. The normalized spacial score (nSPS) is 6.00. The molecule has 0 aromatic heterocycles. The van der Waals surface area contributed by atoms with Gasteiger partial charge in [0.15, 0.2) is 0 Å². The Morgan fingerprint density at radius 2 is 1.67 bits per heavy atom. The van der Waals surface area contributed by atoms with Crippen molar-refractivity contribution in [2.45, 2.75) is 13.8 Å². The highest BCUT2D eigenvalue weighted by atomic mass is 127. The largest absolute Gasteiger partial charge is 0.330 e. The van der Waals surface area contributed by atoms with Crippen LogP contribution in [0.5, 0.6) is 0 Å². The van der Waals surface area contributed by atoms with Gasteiger partial charge in [0.1, 0.15) is 0 Å². The quantitative estimate of drug-likeness (QED) is 0.503. The molecule has 0 aliphatic rings. The molecule has 0 aliphatic heterocycles. The van der Waals surface area contributed by atoms with Crippen LogP contribution in [-0.2, 0) is 0 Å². The van der Waals surface area contributed by atoms with E-state index < -0.39 is 0 Å². The zero-order valence-corrected chi connectivity index (χ0v) is 6.53. The molecule has 0 atom stereocenters. The van der Waals surface area contributed by atoms with Gasteiger partial charge in [-0.05, 0) is 0 Å². The van der Waals surface area contributed by atoms with Crippen molar-refractivity contribution < 1.29 is 0 Å². The first-order valence-corrected chi connectivity index (χ1v) is 3.70. The summed E-state index contributed by atoms with van der Waals surface area (Å²) in [5.74, 6) is 0. The predicted molar refractivity (Wildman–Crippen MR) is 39.3 cm³/mol. The molecule has 0 heterocycles. The number of halogens is 1. The molecule has 2 N–H and O–H groups in total. The number of nitrogens with two attached hydrogens (primary N) is 1. The smallest absolute Gasteiger partial charge is 0.0119 e. The molecule has 2 heteroatoms. The number of hydrogen-bond acceptors (Lipinski definition) is 1. The summed E-state index contributed by atoms with van der Waals surface area (Å²) in [5.41, 5.74) is 5.02. The summed E-state index contributed by atoms with van der Waals surface area (Å²) in [5, 5.41) is 0. The molecule has 0 aliphatic carbocycles. The fourth-order valence-corrected chi connectivity index (χ4v) is 0. The summed E-state index contributed by atoms with van der Waals surface area (Å²) >= 11 is 2.23. The second kappa shape index (κ2) is 17.3. The van der Waals surface area contributed by atoms with E-state index in [1.54, 1.807) is 0 Å². The number of alkyl halides is 1. The molecule has 0 spiro atoms. The van der Waals surface area contributed by atoms with Crippen molar-refractivity contribution in [1.29, 1.82) is 0 Å². The van der Waals surface area contributed by atoms with Gasteiger partial charge in [0.25, 0.3) is 0 Å². The first-order chi connectivity index (χ1) is 2.91. The summed E-state index contributed by atoms with van der Waals surface area (Å²) in [6.45, 7) is 4.81. The van der Waals surface area contributed by atoms with Crippen LogP contribution < -0.4 is 5.73 Å². The first-order valence-electron chi connectivity index (χ1n) is 2.18. The third-order valence-corrected chi connectivity index (χ3v) is 0.732. The van der Waals surface area contributed by atoms with Crippen molar-refractivity contribution in [2.24, 2.45) is 5.73 Å². The average Bonchev–Trinajstić information content (AvgIpc) is 1.72. The Balaban J connectivity index is 0. The third-order valence-electron chi connectivity index (χ3n) is 0.109. The molecule has 0 bridgehead atoms. The van der Waals surface area contributed by atoms with Crippen molar-refractivity contribution >= 4 is 22.6 Å². The molecular formula is C4H12IN. The lowest BCUT2D eigenvalue weighted by molar-refractivity contribution is 1.17. The minimum Gasteiger partial charge on any atom is -0.330 e. The van der Waals surface area contributed by atoms with Gasteiger partial charge in [-0.15, -0.1) is 0 Å². The first kappa shape index (κ1) is 9.85. The van der Waals surface area contributed by atoms with Gasteiger partial charge in [-0.3, -0.25) is 0 Å². The zero-order valence-electron chi connectivity index (χ0n) is 4.37. The van der Waals surface area contributed by atoms with E-state index in [2.05, 4.69) is 22.6 Å². The van der Waals surface area contributed by atoms with Gasteiger partial charge in [-0.1, -0.05) is 36.4 Å². The van der Waals surface area contributed by atoms with Gasteiger partial charge < -0.3 is 5.73 Å². The van der Waals surface area contributed by atoms with Gasteiger partial charge in [0.05, 0.1) is 0 Å². The molecule has 0 unspecified atom stereocenters. The molecule has 6 heavy (non-hydrogen) atoms. The van der Waals surface area contributed by atoms with Crippen LogP contribution in [0.1, 0.15) is 13.8 Å². The Labute approximate surface area is 53.4 Å². The molecule has 0 amide bonds. The molecule has 0 fully saturated rings. The predicted octanol–water partition coefficient (Wildman–Crippen LogP) is 1.41. The molecule has 0 saturated carbocycles. The van der Waals surface area contributed by atoms with Crippen LogP contribution in [0.3, 0.4) is 0 Å². The molecule has 0 radical (unpaired) electrons. The third kappa shape index (κ3) is 22.4. The van der Waals surface area contributed by atoms with E-state index in [0.717, 1.165) is 11.0 Å². The van der Waals surface area contributed by atoms with Crippen molar-refractivity contribution in [3.63, 3.8) is 0 Å². The molecule has 0 aromatic carbocycles. The highest BCUT2D eigenvalue weighted by Gasteiger charge is 1.57. The van der Waals surface area contributed by atoms with E-state index in [0.29, 0.717) is 0 Å². The lowest BCUT2D eigenvalue weighted by Gasteiger charge is -1.68. The lowest BCUT2D eigenvalue weighted by atomic mass is 10.8. The van der Waals surface area contributed by atoms with E-state index in [1.165, 1.54) is 0 Å². The molecule has 0 aromatic rings. The maximum atomic E-state index is 5.02. The number of rotatable bonds is 1. The Kier molecular flexibility index (Phi) is 28.4. The SMILES string of the molecule is CC.NCCI. The van der Waals surface area contributed by atoms with Crippen molar-refractivity contribution in [3.05, 3.63) is 0 Å². The van der Waals surface area contributed by atoms with Crippen molar-refractivity contribution in [3.8, 4) is 0 Å². The Hall–Kier alpha value is 0.690. The highest BCUT2D eigenvalue weighted by molar-refractivity contribution is 14.1. The molecule has 40 valence electrons. The summed E-state index contributed by atoms with van der Waals surface area (Å²) in [7, 11) is 0. The van der Waals surface area contributed by atoms with Crippen molar-refractivity contribution in [1.82, 2.24) is 0 Å². The van der Waals surface area contributed by atoms with Crippen molar-refractivity contribution in [2.75, 3.05) is 11.0 Å². The van der Waals surface area contributed by atoms with Gasteiger partial charge in [0.2, 0.25) is 0 Å². The monoisotopic (exact) mass is 201 g/mol. The standard InChI is InChI=1S/C2H6IN.C2H6/c3-1-2-4;1-2/h1-2,4H2;1-2H3. The van der Waals surface area contributed by atoms with Crippen LogP contribution in [0.25, 0.3) is 0 Å². The summed E-state index contributed by atoms with van der Waals surface area (Å²) < 4.78 is 1.07. The lowest BCUT2D eigenvalue weighted by Crippen LogP contribution is -1.97. The van der Waals surface area contributed by atoms with Crippen LogP contribution in [0, 0.1) is 0 Å². The van der Waals surface area contributed by atoms with Crippen LogP contribution in [0.4, 0.5) is 0 Å². The summed E-state index contributed by atoms with van der Waals surface area (Å²) in [6, 6.07) is 0. The van der Waals surface area contributed by atoms with Gasteiger partial charge in [-0.2, -0.15) is 0 Å². The Morgan fingerprint density at radius 1 is 1.50 bits per heavy atom. The van der Waals surface area contributed by atoms with Gasteiger partial charge in [-0.25, -0.2) is 0 Å².